The molecule has 4 nitrogen and oxygen atoms in total. The molecule has 1 rings (SSSR count). The lowest BCUT2D eigenvalue weighted by molar-refractivity contribution is 0.205. The first kappa shape index (κ1) is 12.9. The fraction of sp³-hybridized carbons (Fsp3) is 0.583. The summed E-state index contributed by atoms with van der Waals surface area (Å²) >= 11 is 0. The molecule has 0 fully saturated rings. The van der Waals surface area contributed by atoms with Gasteiger partial charge in [-0.3, -0.25) is 0 Å². The van der Waals surface area contributed by atoms with Gasteiger partial charge in [-0.15, -0.1) is 0 Å². The third-order valence-corrected chi connectivity index (χ3v) is 2.67. The highest BCUT2D eigenvalue weighted by atomic mass is 16.5. The Morgan fingerprint density at radius 3 is 2.69 bits per heavy atom. The fourth-order valence-corrected chi connectivity index (χ4v) is 1.60. The summed E-state index contributed by atoms with van der Waals surface area (Å²) in [7, 11) is 1.71. The van der Waals surface area contributed by atoms with Crippen molar-refractivity contribution < 1.29 is 4.74 Å². The maximum absolute atomic E-state index is 5.62. The van der Waals surface area contributed by atoms with Gasteiger partial charge >= 0.3 is 0 Å². The van der Waals surface area contributed by atoms with Crippen LogP contribution in [0.4, 0.5) is 5.82 Å². The smallest absolute Gasteiger partial charge is 0.128 e. The van der Waals surface area contributed by atoms with E-state index in [1.54, 1.807) is 7.11 Å². The molecule has 0 aliphatic heterocycles. The lowest BCUT2D eigenvalue weighted by Crippen LogP contribution is -2.27. The number of hydrogen-bond donors (Lipinski definition) is 1. The van der Waals surface area contributed by atoms with Gasteiger partial charge in [0, 0.05) is 32.4 Å². The third kappa shape index (κ3) is 3.18. The maximum Gasteiger partial charge on any atom is 0.128 e. The lowest BCUT2D eigenvalue weighted by atomic mass is 10.2. The van der Waals surface area contributed by atoms with E-state index >= 15 is 0 Å². The van der Waals surface area contributed by atoms with E-state index in [9.17, 15) is 0 Å². The zero-order valence-corrected chi connectivity index (χ0v) is 10.4. The Morgan fingerprint density at radius 2 is 2.19 bits per heavy atom. The highest BCUT2D eigenvalue weighted by molar-refractivity contribution is 5.41. The van der Waals surface area contributed by atoms with Crippen molar-refractivity contribution in [3.63, 3.8) is 0 Å². The molecule has 0 amide bonds. The maximum atomic E-state index is 5.62. The Morgan fingerprint density at radius 1 is 1.44 bits per heavy atom. The molecule has 0 radical (unpaired) electrons. The van der Waals surface area contributed by atoms with Crippen LogP contribution in [0, 0.1) is 6.92 Å². The van der Waals surface area contributed by atoms with Gasteiger partial charge in [0.05, 0.1) is 6.61 Å². The van der Waals surface area contributed by atoms with Crippen LogP contribution >= 0.6 is 0 Å². The molecule has 1 aromatic heterocycles. The van der Waals surface area contributed by atoms with E-state index in [1.807, 2.05) is 19.1 Å². The van der Waals surface area contributed by atoms with Crippen molar-refractivity contribution >= 4 is 5.82 Å². The zero-order chi connectivity index (χ0) is 12.0. The molecule has 2 N–H and O–H groups in total. The highest BCUT2D eigenvalue weighted by Crippen LogP contribution is 2.14. The number of aromatic nitrogens is 1. The Balaban J connectivity index is 2.80. The average Bonchev–Trinajstić information content (AvgIpc) is 2.30. The van der Waals surface area contributed by atoms with Crippen molar-refractivity contribution in [3.8, 4) is 0 Å². The Bertz CT molecular complexity index is 328. The van der Waals surface area contributed by atoms with Crippen molar-refractivity contribution in [2.45, 2.75) is 20.4 Å². The second-order valence-electron chi connectivity index (χ2n) is 3.69. The van der Waals surface area contributed by atoms with Crippen LogP contribution < -0.4 is 10.6 Å². The van der Waals surface area contributed by atoms with Crippen LogP contribution in [0.5, 0.6) is 0 Å². The summed E-state index contributed by atoms with van der Waals surface area (Å²) < 4.78 is 5.08. The highest BCUT2D eigenvalue weighted by Gasteiger charge is 2.07. The van der Waals surface area contributed by atoms with Gasteiger partial charge in [-0.2, -0.15) is 0 Å². The Labute approximate surface area is 97.4 Å². The molecule has 0 aliphatic carbocycles. The number of likely N-dealkylation sites (N-methyl/N-ethyl adjacent to an activating group) is 1. The fourth-order valence-electron chi connectivity index (χ4n) is 1.60. The summed E-state index contributed by atoms with van der Waals surface area (Å²) in [4.78, 5) is 6.75. The normalized spacial score (nSPS) is 10.5. The van der Waals surface area contributed by atoms with Crippen molar-refractivity contribution in [1.29, 1.82) is 0 Å². The molecule has 0 bridgehead atoms. The quantitative estimate of drug-likeness (QED) is 0.790. The van der Waals surface area contributed by atoms with E-state index < -0.39 is 0 Å². The topological polar surface area (TPSA) is 51.4 Å². The van der Waals surface area contributed by atoms with Gasteiger partial charge in [0.1, 0.15) is 5.82 Å². The van der Waals surface area contributed by atoms with Gasteiger partial charge < -0.3 is 15.4 Å². The lowest BCUT2D eigenvalue weighted by Gasteiger charge is -2.22. The van der Waals surface area contributed by atoms with Crippen LogP contribution in [0.2, 0.25) is 0 Å². The largest absolute Gasteiger partial charge is 0.383 e. The SMILES string of the molecule is CCN(CCOC)c1ccc(CN)c(C)n1. The van der Waals surface area contributed by atoms with E-state index in [-0.39, 0.29) is 0 Å². The zero-order valence-electron chi connectivity index (χ0n) is 10.4. The van der Waals surface area contributed by atoms with Gasteiger partial charge in [-0.05, 0) is 25.5 Å². The molecule has 0 unspecified atom stereocenters. The van der Waals surface area contributed by atoms with E-state index in [2.05, 4.69) is 16.8 Å². The summed E-state index contributed by atoms with van der Waals surface area (Å²) in [6.45, 7) is 7.16. The summed E-state index contributed by atoms with van der Waals surface area (Å²) in [5.41, 5.74) is 7.73. The standard InChI is InChI=1S/C12H21N3O/c1-4-15(7-8-16-3)12-6-5-11(9-13)10(2)14-12/h5-6H,4,7-9,13H2,1-3H3. The predicted octanol–water partition coefficient (Wildman–Crippen LogP) is 1.32. The molecule has 0 spiro atoms. The molecule has 16 heavy (non-hydrogen) atoms. The number of nitrogens with zero attached hydrogens (tertiary/aromatic N) is 2. The number of anilines is 1. The van der Waals surface area contributed by atoms with Gasteiger partial charge in [-0.25, -0.2) is 4.98 Å². The first-order valence-electron chi connectivity index (χ1n) is 5.63. The van der Waals surface area contributed by atoms with E-state index in [0.29, 0.717) is 13.2 Å². The molecule has 0 atom stereocenters. The van der Waals surface area contributed by atoms with Crippen LogP contribution in [-0.2, 0) is 11.3 Å². The van der Waals surface area contributed by atoms with Crippen molar-refractivity contribution in [2.24, 2.45) is 5.73 Å². The average molecular weight is 223 g/mol. The third-order valence-electron chi connectivity index (χ3n) is 2.67. The molecule has 4 heteroatoms. The minimum atomic E-state index is 0.545. The molecule has 0 saturated carbocycles. The van der Waals surface area contributed by atoms with Crippen LogP contribution in [-0.4, -0.2) is 31.8 Å². The van der Waals surface area contributed by atoms with Gasteiger partial charge in [0.2, 0.25) is 0 Å². The summed E-state index contributed by atoms with van der Waals surface area (Å²) in [5, 5.41) is 0. The van der Waals surface area contributed by atoms with E-state index in [0.717, 1.165) is 30.2 Å². The van der Waals surface area contributed by atoms with E-state index in [4.69, 9.17) is 10.5 Å². The Hall–Kier alpha value is -1.13. The van der Waals surface area contributed by atoms with Crippen LogP contribution in [0.1, 0.15) is 18.2 Å². The molecular weight excluding hydrogens is 202 g/mol. The number of nitrogens with two attached hydrogens (primary N) is 1. The molecule has 0 saturated heterocycles. The summed E-state index contributed by atoms with van der Waals surface area (Å²) in [6, 6.07) is 4.07. The number of hydrogen-bond acceptors (Lipinski definition) is 4. The number of aryl methyl sites for hydroxylation is 1. The van der Waals surface area contributed by atoms with Gasteiger partial charge in [0.15, 0.2) is 0 Å². The van der Waals surface area contributed by atoms with Gasteiger partial charge in [0.25, 0.3) is 0 Å². The van der Waals surface area contributed by atoms with Crippen LogP contribution in [0.3, 0.4) is 0 Å². The molecule has 90 valence electrons. The monoisotopic (exact) mass is 223 g/mol. The second kappa shape index (κ2) is 6.45. The minimum absolute atomic E-state index is 0.545. The number of ether oxygens (including phenoxy) is 1. The molecule has 1 heterocycles. The number of pyridine rings is 1. The summed E-state index contributed by atoms with van der Waals surface area (Å²) in [6.07, 6.45) is 0. The molecule has 1 aromatic rings. The van der Waals surface area contributed by atoms with Crippen LogP contribution in [0.25, 0.3) is 0 Å². The second-order valence-corrected chi connectivity index (χ2v) is 3.69. The minimum Gasteiger partial charge on any atom is -0.383 e. The Kier molecular flexibility index (Phi) is 5.22. The van der Waals surface area contributed by atoms with Crippen molar-refractivity contribution in [1.82, 2.24) is 4.98 Å². The van der Waals surface area contributed by atoms with Crippen LogP contribution in [0.15, 0.2) is 12.1 Å². The molecular formula is C12H21N3O. The number of rotatable bonds is 6. The molecule has 0 aliphatic rings. The van der Waals surface area contributed by atoms with Gasteiger partial charge in [-0.1, -0.05) is 6.07 Å². The van der Waals surface area contributed by atoms with E-state index in [1.165, 1.54) is 0 Å². The molecule has 0 aromatic carbocycles. The van der Waals surface area contributed by atoms with Crippen molar-refractivity contribution in [3.05, 3.63) is 23.4 Å². The van der Waals surface area contributed by atoms with Crippen molar-refractivity contribution in [2.75, 3.05) is 31.7 Å². The first-order chi connectivity index (χ1) is 7.72. The predicted molar refractivity (Wildman–Crippen MR) is 66.6 cm³/mol. The summed E-state index contributed by atoms with van der Waals surface area (Å²) in [5.74, 6) is 0.995. The number of methoxy groups -OCH3 is 1. The first-order valence-corrected chi connectivity index (χ1v) is 5.63.